The zero-order valence-electron chi connectivity index (χ0n) is 15.8. The molecule has 1 aromatic carbocycles. The Morgan fingerprint density at radius 1 is 1.24 bits per heavy atom. The van der Waals surface area contributed by atoms with Crippen LogP contribution in [-0.2, 0) is 9.53 Å². The van der Waals surface area contributed by atoms with Crippen molar-refractivity contribution in [1.82, 2.24) is 15.0 Å². The SMILES string of the molecule is COC(=O)c1cc(C)nc2nc(SC(C)C(=O)Nc3ccc(Cl)cc3)[nH]c(=O)c12. The number of pyridine rings is 1. The quantitative estimate of drug-likeness (QED) is 0.361. The summed E-state index contributed by atoms with van der Waals surface area (Å²) in [6, 6.07) is 8.19. The minimum Gasteiger partial charge on any atom is -0.465 e. The second-order valence-electron chi connectivity index (χ2n) is 6.13. The lowest BCUT2D eigenvalue weighted by atomic mass is 10.1. The molecule has 1 amide bonds. The largest absolute Gasteiger partial charge is 0.465 e. The van der Waals surface area contributed by atoms with Crippen LogP contribution in [0.4, 0.5) is 5.69 Å². The van der Waals surface area contributed by atoms with Crippen LogP contribution in [0, 0.1) is 6.92 Å². The Kier molecular flexibility index (Phi) is 6.19. The number of methoxy groups -OCH3 is 1. The zero-order valence-corrected chi connectivity index (χ0v) is 17.4. The molecule has 2 heterocycles. The van der Waals surface area contributed by atoms with Crippen molar-refractivity contribution in [2.45, 2.75) is 24.3 Å². The molecule has 3 aromatic rings. The van der Waals surface area contributed by atoms with Crippen LogP contribution in [0.2, 0.25) is 5.02 Å². The molecule has 8 nitrogen and oxygen atoms in total. The average molecular weight is 433 g/mol. The van der Waals surface area contributed by atoms with Gasteiger partial charge in [0.05, 0.1) is 23.3 Å². The summed E-state index contributed by atoms with van der Waals surface area (Å²) in [6.07, 6.45) is 0. The summed E-state index contributed by atoms with van der Waals surface area (Å²) in [5.41, 5.74) is 0.791. The predicted octanol–water partition coefficient (Wildman–Crippen LogP) is 3.19. The summed E-state index contributed by atoms with van der Waals surface area (Å²) in [5.74, 6) is -0.920. The molecule has 1 unspecified atom stereocenters. The van der Waals surface area contributed by atoms with Crippen molar-refractivity contribution in [3.63, 3.8) is 0 Å². The highest BCUT2D eigenvalue weighted by atomic mass is 35.5. The fourth-order valence-corrected chi connectivity index (χ4v) is 3.49. The Hall–Kier alpha value is -2.91. The average Bonchev–Trinajstić information content (AvgIpc) is 2.68. The molecule has 0 spiro atoms. The Morgan fingerprint density at radius 2 is 1.93 bits per heavy atom. The van der Waals surface area contributed by atoms with E-state index in [0.717, 1.165) is 11.8 Å². The molecule has 0 fully saturated rings. The van der Waals surface area contributed by atoms with Crippen molar-refractivity contribution in [2.75, 3.05) is 12.4 Å². The summed E-state index contributed by atoms with van der Waals surface area (Å²) < 4.78 is 4.73. The van der Waals surface area contributed by atoms with Crippen LogP contribution in [0.25, 0.3) is 11.0 Å². The van der Waals surface area contributed by atoms with Gasteiger partial charge >= 0.3 is 5.97 Å². The number of aromatic nitrogens is 3. The maximum Gasteiger partial charge on any atom is 0.338 e. The van der Waals surface area contributed by atoms with Crippen molar-refractivity contribution < 1.29 is 14.3 Å². The molecule has 1 atom stereocenters. The van der Waals surface area contributed by atoms with Gasteiger partial charge in [0.2, 0.25) is 5.91 Å². The Morgan fingerprint density at radius 3 is 2.59 bits per heavy atom. The van der Waals surface area contributed by atoms with E-state index in [9.17, 15) is 14.4 Å². The third-order valence-corrected chi connectivity index (χ3v) is 5.19. The van der Waals surface area contributed by atoms with E-state index in [1.54, 1.807) is 38.1 Å². The van der Waals surface area contributed by atoms with E-state index < -0.39 is 16.8 Å². The Labute approximate surface area is 175 Å². The smallest absolute Gasteiger partial charge is 0.338 e. The van der Waals surface area contributed by atoms with Crippen molar-refractivity contribution in [3.05, 3.63) is 57.0 Å². The number of rotatable bonds is 5. The second kappa shape index (κ2) is 8.62. The van der Waals surface area contributed by atoms with Crippen LogP contribution < -0.4 is 10.9 Å². The van der Waals surface area contributed by atoms with Gasteiger partial charge in [-0.05, 0) is 44.2 Å². The van der Waals surface area contributed by atoms with E-state index in [1.165, 1.54) is 13.2 Å². The van der Waals surface area contributed by atoms with E-state index in [0.29, 0.717) is 16.4 Å². The number of esters is 1. The first-order valence-corrected chi connectivity index (χ1v) is 9.77. The summed E-state index contributed by atoms with van der Waals surface area (Å²) in [7, 11) is 1.23. The van der Waals surface area contributed by atoms with Crippen LogP contribution in [-0.4, -0.2) is 39.2 Å². The molecule has 29 heavy (non-hydrogen) atoms. The number of hydrogen-bond donors (Lipinski definition) is 2. The van der Waals surface area contributed by atoms with Crippen LogP contribution in [0.5, 0.6) is 0 Å². The lowest BCUT2D eigenvalue weighted by Crippen LogP contribution is -2.23. The summed E-state index contributed by atoms with van der Waals surface area (Å²) in [5, 5.41) is 3.04. The molecule has 0 radical (unpaired) electrons. The number of halogens is 1. The topological polar surface area (TPSA) is 114 Å². The number of H-pyrrole nitrogens is 1. The number of fused-ring (bicyclic) bond motifs is 1. The van der Waals surface area contributed by atoms with Gasteiger partial charge in [0.1, 0.15) is 0 Å². The van der Waals surface area contributed by atoms with Gasteiger partial charge < -0.3 is 15.0 Å². The summed E-state index contributed by atoms with van der Waals surface area (Å²) in [4.78, 5) is 48.1. The zero-order chi connectivity index (χ0) is 21.1. The van der Waals surface area contributed by atoms with E-state index in [2.05, 4.69) is 20.3 Å². The number of anilines is 1. The van der Waals surface area contributed by atoms with E-state index in [1.807, 2.05) is 0 Å². The molecule has 2 aromatic heterocycles. The van der Waals surface area contributed by atoms with Gasteiger partial charge in [0, 0.05) is 16.4 Å². The molecule has 2 N–H and O–H groups in total. The van der Waals surface area contributed by atoms with Crippen LogP contribution >= 0.6 is 23.4 Å². The van der Waals surface area contributed by atoms with Gasteiger partial charge in [-0.2, -0.15) is 0 Å². The van der Waals surface area contributed by atoms with Crippen LogP contribution in [0.1, 0.15) is 23.0 Å². The molecule has 0 saturated heterocycles. The van der Waals surface area contributed by atoms with E-state index in [4.69, 9.17) is 16.3 Å². The maximum absolute atomic E-state index is 12.6. The highest BCUT2D eigenvalue weighted by Gasteiger charge is 2.20. The number of aromatic amines is 1. The second-order valence-corrected chi connectivity index (χ2v) is 7.89. The van der Waals surface area contributed by atoms with Gasteiger partial charge in [0.25, 0.3) is 5.56 Å². The highest BCUT2D eigenvalue weighted by Crippen LogP contribution is 2.23. The fourth-order valence-electron chi connectivity index (χ4n) is 2.57. The monoisotopic (exact) mass is 432 g/mol. The standard InChI is InChI=1S/C19H17ClN4O4S/c1-9-8-13(18(27)28-3)14-15(21-9)23-19(24-17(14)26)29-10(2)16(25)22-12-6-4-11(20)5-7-12/h4-8,10H,1-3H3,(H,22,25)(H,21,23,24,26). The van der Waals surface area contributed by atoms with Crippen molar-refractivity contribution in [1.29, 1.82) is 0 Å². The number of amides is 1. The van der Waals surface area contributed by atoms with Gasteiger partial charge in [0.15, 0.2) is 10.8 Å². The number of carbonyl (C=O) groups excluding carboxylic acids is 2. The Balaban J connectivity index is 1.86. The lowest BCUT2D eigenvalue weighted by molar-refractivity contribution is -0.115. The number of thioether (sulfide) groups is 1. The van der Waals surface area contributed by atoms with Crippen molar-refractivity contribution in [3.8, 4) is 0 Å². The molecule has 0 aliphatic heterocycles. The van der Waals surface area contributed by atoms with Crippen LogP contribution in [0.15, 0.2) is 40.3 Å². The molecule has 10 heteroatoms. The first-order chi connectivity index (χ1) is 13.8. The third kappa shape index (κ3) is 4.75. The fraction of sp³-hybridized carbons (Fsp3) is 0.211. The van der Waals surface area contributed by atoms with Crippen LogP contribution in [0.3, 0.4) is 0 Å². The molecule has 150 valence electrons. The molecule has 3 rings (SSSR count). The first-order valence-electron chi connectivity index (χ1n) is 8.51. The molecular weight excluding hydrogens is 416 g/mol. The number of nitrogens with one attached hydrogen (secondary N) is 2. The number of aryl methyl sites for hydroxylation is 1. The molecule has 0 aliphatic rings. The van der Waals surface area contributed by atoms with Gasteiger partial charge in [-0.3, -0.25) is 9.59 Å². The predicted molar refractivity (Wildman–Crippen MR) is 112 cm³/mol. The number of carbonyl (C=O) groups is 2. The minimum absolute atomic E-state index is 0.0464. The van der Waals surface area contributed by atoms with Gasteiger partial charge in [-0.25, -0.2) is 14.8 Å². The van der Waals surface area contributed by atoms with Gasteiger partial charge in [-0.15, -0.1) is 0 Å². The van der Waals surface area contributed by atoms with Crippen molar-refractivity contribution >= 4 is 52.0 Å². The van der Waals surface area contributed by atoms with E-state index >= 15 is 0 Å². The first kappa shape index (κ1) is 20.8. The number of benzene rings is 1. The maximum atomic E-state index is 12.6. The lowest BCUT2D eigenvalue weighted by Gasteiger charge is -2.12. The third-order valence-electron chi connectivity index (χ3n) is 3.96. The molecular formula is C19H17ClN4O4S. The van der Waals surface area contributed by atoms with Gasteiger partial charge in [-0.1, -0.05) is 23.4 Å². The summed E-state index contributed by atoms with van der Waals surface area (Å²) >= 11 is 6.91. The normalized spacial score (nSPS) is 11.9. The molecule has 0 bridgehead atoms. The molecule has 0 aliphatic carbocycles. The number of nitrogens with zero attached hydrogens (tertiary/aromatic N) is 2. The summed E-state index contributed by atoms with van der Waals surface area (Å²) in [6.45, 7) is 3.37. The number of hydrogen-bond acceptors (Lipinski definition) is 7. The Bertz CT molecular complexity index is 1150. The highest BCUT2D eigenvalue weighted by molar-refractivity contribution is 8.00. The minimum atomic E-state index is -0.649. The van der Waals surface area contributed by atoms with E-state index in [-0.39, 0.29) is 27.7 Å². The van der Waals surface area contributed by atoms with Crippen molar-refractivity contribution in [2.24, 2.45) is 0 Å². The number of ether oxygens (including phenoxy) is 1. The molecule has 0 saturated carbocycles.